The van der Waals surface area contributed by atoms with Gasteiger partial charge in [-0.3, -0.25) is 0 Å². The molecule has 0 unspecified atom stereocenters. The van der Waals surface area contributed by atoms with Crippen molar-refractivity contribution in [2.45, 2.75) is 20.3 Å². The van der Waals surface area contributed by atoms with Crippen molar-refractivity contribution in [3.63, 3.8) is 0 Å². The van der Waals surface area contributed by atoms with E-state index in [9.17, 15) is 8.78 Å². The van der Waals surface area contributed by atoms with E-state index in [-0.39, 0.29) is 11.6 Å². The van der Waals surface area contributed by atoms with Crippen molar-refractivity contribution >= 4 is 10.9 Å². The smallest absolute Gasteiger partial charge is 0.149 e. The molecule has 2 aromatic carbocycles. The second kappa shape index (κ2) is 6.32. The third-order valence-electron chi connectivity index (χ3n) is 3.55. The van der Waals surface area contributed by atoms with Crippen LogP contribution in [-0.2, 0) is 6.42 Å². The van der Waals surface area contributed by atoms with E-state index in [0.717, 1.165) is 0 Å². The molecule has 0 amide bonds. The topological polar surface area (TPSA) is 22.1 Å². The molecule has 0 fully saturated rings. The average Bonchev–Trinajstić information content (AvgIpc) is 2.51. The van der Waals surface area contributed by atoms with Gasteiger partial charge in [-0.15, -0.1) is 0 Å². The maximum Gasteiger partial charge on any atom is 0.149 e. The first-order valence-electron chi connectivity index (χ1n) is 7.54. The highest BCUT2D eigenvalue weighted by atomic mass is 19.1. The fourth-order valence-corrected chi connectivity index (χ4v) is 2.53. The molecule has 0 radical (unpaired) electrons. The lowest BCUT2D eigenvalue weighted by atomic mass is 10.0. The molecule has 0 N–H and O–H groups in total. The van der Waals surface area contributed by atoms with Crippen LogP contribution in [0.3, 0.4) is 0 Å². The summed E-state index contributed by atoms with van der Waals surface area (Å²) in [5, 5.41) is 0.643. The van der Waals surface area contributed by atoms with E-state index in [2.05, 4.69) is 4.98 Å². The molecule has 1 aromatic heterocycles. The predicted octanol–water partition coefficient (Wildman–Crippen LogP) is 5.50. The summed E-state index contributed by atoms with van der Waals surface area (Å²) in [6.45, 7) is 4.05. The Labute approximate surface area is 133 Å². The first-order valence-corrected chi connectivity index (χ1v) is 7.54. The van der Waals surface area contributed by atoms with Gasteiger partial charge in [0.1, 0.15) is 28.7 Å². The maximum absolute atomic E-state index is 14.1. The van der Waals surface area contributed by atoms with E-state index in [1.165, 1.54) is 18.3 Å². The van der Waals surface area contributed by atoms with Crippen LogP contribution < -0.4 is 4.74 Å². The fourth-order valence-electron chi connectivity index (χ4n) is 2.53. The van der Waals surface area contributed by atoms with Crippen molar-refractivity contribution in [2.24, 2.45) is 5.92 Å². The van der Waals surface area contributed by atoms with Gasteiger partial charge in [-0.25, -0.2) is 13.8 Å². The Morgan fingerprint density at radius 3 is 2.57 bits per heavy atom. The van der Waals surface area contributed by atoms with Crippen molar-refractivity contribution in [3.05, 3.63) is 65.9 Å². The van der Waals surface area contributed by atoms with Crippen LogP contribution >= 0.6 is 0 Å². The van der Waals surface area contributed by atoms with Crippen molar-refractivity contribution in [1.29, 1.82) is 0 Å². The number of fused-ring (bicyclic) bond motifs is 1. The number of para-hydroxylation sites is 1. The molecule has 0 aliphatic rings. The zero-order chi connectivity index (χ0) is 16.4. The molecular weight excluding hydrogens is 296 g/mol. The second-order valence-electron chi connectivity index (χ2n) is 5.90. The highest BCUT2D eigenvalue weighted by Gasteiger charge is 2.13. The van der Waals surface area contributed by atoms with Gasteiger partial charge in [0.2, 0.25) is 0 Å². The average molecular weight is 313 g/mol. The Morgan fingerprint density at radius 1 is 1.04 bits per heavy atom. The number of hydrogen-bond acceptors (Lipinski definition) is 2. The molecule has 0 aliphatic carbocycles. The maximum atomic E-state index is 14.1. The van der Waals surface area contributed by atoms with Crippen LogP contribution in [0, 0.1) is 17.6 Å². The summed E-state index contributed by atoms with van der Waals surface area (Å²) in [5.74, 6) is 0.573. The van der Waals surface area contributed by atoms with Crippen LogP contribution in [0.2, 0.25) is 0 Å². The molecule has 23 heavy (non-hydrogen) atoms. The standard InChI is InChI=1S/C19H17F2NO/c1-12(2)9-15-16(20)6-4-8-18(15)23-14-10-13-5-3-7-17(21)19(13)22-11-14/h3-8,10-12H,9H2,1-2H3. The van der Waals surface area contributed by atoms with E-state index in [1.807, 2.05) is 13.8 Å². The van der Waals surface area contributed by atoms with Gasteiger partial charge in [0, 0.05) is 10.9 Å². The highest BCUT2D eigenvalue weighted by molar-refractivity contribution is 5.80. The molecule has 3 rings (SSSR count). The van der Waals surface area contributed by atoms with Crippen LogP contribution in [0.1, 0.15) is 19.4 Å². The molecule has 2 nitrogen and oxygen atoms in total. The first-order chi connectivity index (χ1) is 11.0. The molecule has 1 heterocycles. The number of ether oxygens (including phenoxy) is 1. The third kappa shape index (κ3) is 3.31. The van der Waals surface area contributed by atoms with Crippen LogP contribution in [-0.4, -0.2) is 4.98 Å². The first kappa shape index (κ1) is 15.4. The molecule has 0 spiro atoms. The number of rotatable bonds is 4. The lowest BCUT2D eigenvalue weighted by molar-refractivity contribution is 0.458. The van der Waals surface area contributed by atoms with Crippen LogP contribution in [0.5, 0.6) is 11.5 Å². The van der Waals surface area contributed by atoms with E-state index < -0.39 is 0 Å². The van der Waals surface area contributed by atoms with Crippen LogP contribution in [0.15, 0.2) is 48.7 Å². The molecule has 4 heteroatoms. The van der Waals surface area contributed by atoms with Gasteiger partial charge in [-0.2, -0.15) is 0 Å². The molecule has 118 valence electrons. The van der Waals surface area contributed by atoms with Gasteiger partial charge in [0.25, 0.3) is 0 Å². The van der Waals surface area contributed by atoms with Gasteiger partial charge in [0.05, 0.1) is 6.20 Å². The van der Waals surface area contributed by atoms with Gasteiger partial charge in [-0.1, -0.05) is 32.0 Å². The summed E-state index contributed by atoms with van der Waals surface area (Å²) in [5.41, 5.74) is 0.836. The summed E-state index contributed by atoms with van der Waals surface area (Å²) in [6, 6.07) is 11.2. The Balaban J connectivity index is 1.97. The van der Waals surface area contributed by atoms with Gasteiger partial charge >= 0.3 is 0 Å². The van der Waals surface area contributed by atoms with Gasteiger partial charge in [-0.05, 0) is 36.6 Å². The number of hydrogen-bond donors (Lipinski definition) is 0. The SMILES string of the molecule is CC(C)Cc1c(F)cccc1Oc1cnc2c(F)cccc2c1. The Morgan fingerprint density at radius 2 is 1.78 bits per heavy atom. The van der Waals surface area contributed by atoms with Crippen LogP contribution in [0.25, 0.3) is 10.9 Å². The Bertz CT molecular complexity index is 846. The van der Waals surface area contributed by atoms with E-state index in [4.69, 9.17) is 4.74 Å². The molecule has 0 saturated carbocycles. The van der Waals surface area contributed by atoms with Crippen molar-refractivity contribution in [2.75, 3.05) is 0 Å². The lowest BCUT2D eigenvalue weighted by Gasteiger charge is -2.14. The predicted molar refractivity (Wildman–Crippen MR) is 86.7 cm³/mol. The van der Waals surface area contributed by atoms with E-state index in [1.54, 1.807) is 30.3 Å². The third-order valence-corrected chi connectivity index (χ3v) is 3.55. The summed E-state index contributed by atoms with van der Waals surface area (Å²) >= 11 is 0. The highest BCUT2D eigenvalue weighted by Crippen LogP contribution is 2.30. The van der Waals surface area contributed by atoms with Gasteiger partial charge in [0.15, 0.2) is 0 Å². The number of benzene rings is 2. The zero-order valence-electron chi connectivity index (χ0n) is 13.0. The molecule has 0 saturated heterocycles. The molecule has 3 aromatic rings. The minimum absolute atomic E-state index is 0.281. The normalized spacial score (nSPS) is 11.2. The number of pyridine rings is 1. The molecule has 0 bridgehead atoms. The van der Waals surface area contributed by atoms with Crippen molar-refractivity contribution in [3.8, 4) is 11.5 Å². The van der Waals surface area contributed by atoms with Crippen LogP contribution in [0.4, 0.5) is 8.78 Å². The fraction of sp³-hybridized carbons (Fsp3) is 0.211. The van der Waals surface area contributed by atoms with Crippen molar-refractivity contribution < 1.29 is 13.5 Å². The zero-order valence-corrected chi connectivity index (χ0v) is 13.0. The molecule has 0 atom stereocenters. The van der Waals surface area contributed by atoms with Crippen molar-refractivity contribution in [1.82, 2.24) is 4.98 Å². The van der Waals surface area contributed by atoms with E-state index >= 15 is 0 Å². The minimum atomic E-state index is -0.375. The van der Waals surface area contributed by atoms with E-state index in [0.29, 0.717) is 40.3 Å². The Hall–Kier alpha value is -2.49. The summed E-state index contributed by atoms with van der Waals surface area (Å²) in [6.07, 6.45) is 2.03. The monoisotopic (exact) mass is 313 g/mol. The number of aromatic nitrogens is 1. The second-order valence-corrected chi connectivity index (χ2v) is 5.90. The summed E-state index contributed by atoms with van der Waals surface area (Å²) in [4.78, 5) is 4.10. The lowest BCUT2D eigenvalue weighted by Crippen LogP contribution is -2.01. The summed E-state index contributed by atoms with van der Waals surface area (Å²) < 4.78 is 33.5. The molecule has 0 aliphatic heterocycles. The molecular formula is C19H17F2NO. The largest absolute Gasteiger partial charge is 0.455 e. The number of halogens is 2. The quantitative estimate of drug-likeness (QED) is 0.634. The Kier molecular flexibility index (Phi) is 4.24. The summed E-state index contributed by atoms with van der Waals surface area (Å²) in [7, 11) is 0. The minimum Gasteiger partial charge on any atom is -0.455 e. The van der Waals surface area contributed by atoms with Gasteiger partial charge < -0.3 is 4.74 Å². The number of nitrogens with zero attached hydrogens (tertiary/aromatic N) is 1.